The van der Waals surface area contributed by atoms with Gasteiger partial charge in [0.25, 0.3) is 0 Å². The average molecular weight is 362 g/mol. The van der Waals surface area contributed by atoms with Crippen LogP contribution in [0, 0.1) is 25.2 Å². The smallest absolute Gasteiger partial charge is 0.224 e. The average Bonchev–Trinajstić information content (AvgIpc) is 3.12. The number of rotatable bonds is 5. The highest BCUT2D eigenvalue weighted by molar-refractivity contribution is 5.76. The lowest BCUT2D eigenvalue weighted by Gasteiger charge is -2.43. The van der Waals surface area contributed by atoms with E-state index in [2.05, 4.69) is 5.10 Å². The Morgan fingerprint density at radius 1 is 1.31 bits per heavy atom. The van der Waals surface area contributed by atoms with Crippen LogP contribution in [-0.2, 0) is 20.9 Å². The van der Waals surface area contributed by atoms with Crippen LogP contribution in [0.25, 0.3) is 0 Å². The van der Waals surface area contributed by atoms with Crippen molar-refractivity contribution in [1.29, 1.82) is 0 Å². The molecular weight excluding hydrogens is 332 g/mol. The highest BCUT2D eigenvalue weighted by Crippen LogP contribution is 2.43. The van der Waals surface area contributed by atoms with Crippen LogP contribution in [-0.4, -0.2) is 71.3 Å². The minimum Gasteiger partial charge on any atom is -0.384 e. The molecule has 7 nitrogen and oxygen atoms in total. The Bertz CT molecular complexity index is 686. The molecule has 0 bridgehead atoms. The van der Waals surface area contributed by atoms with Gasteiger partial charge in [-0.2, -0.15) is 5.10 Å². The van der Waals surface area contributed by atoms with E-state index in [0.717, 1.165) is 37.4 Å². The first-order valence-corrected chi connectivity index (χ1v) is 9.38. The van der Waals surface area contributed by atoms with Crippen LogP contribution in [0.5, 0.6) is 0 Å². The molecule has 2 aliphatic rings. The molecule has 0 N–H and O–H groups in total. The Labute approximate surface area is 155 Å². The molecule has 2 saturated heterocycles. The van der Waals surface area contributed by atoms with Gasteiger partial charge >= 0.3 is 0 Å². The van der Waals surface area contributed by atoms with E-state index in [9.17, 15) is 9.59 Å². The van der Waals surface area contributed by atoms with Crippen LogP contribution in [0.1, 0.15) is 31.2 Å². The molecule has 0 radical (unpaired) electrons. The van der Waals surface area contributed by atoms with Crippen molar-refractivity contribution in [1.82, 2.24) is 19.6 Å². The third-order valence-corrected chi connectivity index (χ3v) is 6.00. The Morgan fingerprint density at radius 2 is 2.04 bits per heavy atom. The van der Waals surface area contributed by atoms with Gasteiger partial charge in [0.2, 0.25) is 11.8 Å². The van der Waals surface area contributed by atoms with E-state index in [1.807, 2.05) is 34.4 Å². The number of amides is 2. The number of nitrogens with zero attached hydrogens (tertiary/aromatic N) is 4. The summed E-state index contributed by atoms with van der Waals surface area (Å²) in [6.07, 6.45) is 1.35. The van der Waals surface area contributed by atoms with Gasteiger partial charge in [-0.05, 0) is 26.3 Å². The lowest BCUT2D eigenvalue weighted by atomic mass is 9.73. The normalized spacial score (nSPS) is 25.5. The Balaban J connectivity index is 1.62. The molecule has 1 aromatic rings. The van der Waals surface area contributed by atoms with Crippen molar-refractivity contribution in [2.45, 2.75) is 40.2 Å². The van der Waals surface area contributed by atoms with Crippen molar-refractivity contribution < 1.29 is 14.3 Å². The molecule has 144 valence electrons. The van der Waals surface area contributed by atoms with E-state index in [-0.39, 0.29) is 23.1 Å². The molecule has 0 spiro atoms. The molecule has 0 saturated carbocycles. The van der Waals surface area contributed by atoms with Gasteiger partial charge in [0, 0.05) is 70.2 Å². The number of likely N-dealkylation sites (tertiary alicyclic amines) is 2. The van der Waals surface area contributed by atoms with E-state index in [4.69, 9.17) is 4.74 Å². The molecule has 0 aliphatic carbocycles. The molecule has 7 heteroatoms. The second-order valence-electron chi connectivity index (χ2n) is 7.88. The number of aromatic nitrogens is 2. The summed E-state index contributed by atoms with van der Waals surface area (Å²) >= 11 is 0. The maximum absolute atomic E-state index is 12.7. The van der Waals surface area contributed by atoms with Crippen molar-refractivity contribution >= 4 is 11.8 Å². The summed E-state index contributed by atoms with van der Waals surface area (Å²) in [5, 5.41) is 4.43. The topological polar surface area (TPSA) is 67.7 Å². The zero-order valence-corrected chi connectivity index (χ0v) is 16.3. The van der Waals surface area contributed by atoms with Gasteiger partial charge in [0.1, 0.15) is 0 Å². The van der Waals surface area contributed by atoms with Crippen LogP contribution in [0.15, 0.2) is 6.07 Å². The number of methoxy groups -OCH3 is 1. The zero-order chi connectivity index (χ0) is 18.9. The van der Waals surface area contributed by atoms with Crippen molar-refractivity contribution in [2.24, 2.45) is 11.3 Å². The molecule has 2 atom stereocenters. The lowest BCUT2D eigenvalue weighted by molar-refractivity contribution is -0.136. The SMILES string of the molecule is COCC12CCN(C(=O)CCn3nc(C)cc3C)CC1CN(C(C)=O)C2. The van der Waals surface area contributed by atoms with E-state index in [1.165, 1.54) is 0 Å². The number of hydrogen-bond donors (Lipinski definition) is 0. The van der Waals surface area contributed by atoms with Crippen LogP contribution in [0.2, 0.25) is 0 Å². The molecule has 2 fully saturated rings. The standard InChI is InChI=1S/C19H30N4O3/c1-14-9-15(2)23(20-14)7-5-18(25)21-8-6-19(13-26-4)12-22(16(3)24)11-17(19)10-21/h9,17H,5-8,10-13H2,1-4H3. The van der Waals surface area contributed by atoms with Gasteiger partial charge < -0.3 is 14.5 Å². The predicted octanol–water partition coefficient (Wildman–Crippen LogP) is 1.23. The molecule has 26 heavy (non-hydrogen) atoms. The van der Waals surface area contributed by atoms with E-state index >= 15 is 0 Å². The molecular formula is C19H30N4O3. The van der Waals surface area contributed by atoms with Gasteiger partial charge in [-0.15, -0.1) is 0 Å². The monoisotopic (exact) mass is 362 g/mol. The van der Waals surface area contributed by atoms with Gasteiger partial charge in [0.15, 0.2) is 0 Å². The number of piperidine rings is 1. The van der Waals surface area contributed by atoms with Gasteiger partial charge in [-0.3, -0.25) is 14.3 Å². The summed E-state index contributed by atoms with van der Waals surface area (Å²) in [6.45, 7) is 9.78. The third kappa shape index (κ3) is 3.63. The second-order valence-corrected chi connectivity index (χ2v) is 7.88. The van der Waals surface area contributed by atoms with Crippen molar-refractivity contribution in [3.63, 3.8) is 0 Å². The first-order chi connectivity index (χ1) is 12.3. The minimum absolute atomic E-state index is 0.00706. The summed E-state index contributed by atoms with van der Waals surface area (Å²) in [5.74, 6) is 0.569. The summed E-state index contributed by atoms with van der Waals surface area (Å²) in [5.41, 5.74) is 2.06. The summed E-state index contributed by atoms with van der Waals surface area (Å²) in [6, 6.07) is 2.03. The summed E-state index contributed by atoms with van der Waals surface area (Å²) in [4.78, 5) is 28.4. The third-order valence-electron chi connectivity index (χ3n) is 6.00. The zero-order valence-electron chi connectivity index (χ0n) is 16.3. The van der Waals surface area contributed by atoms with Crippen LogP contribution in [0.3, 0.4) is 0 Å². The predicted molar refractivity (Wildman–Crippen MR) is 97.6 cm³/mol. The van der Waals surface area contributed by atoms with E-state index in [0.29, 0.717) is 26.1 Å². The van der Waals surface area contributed by atoms with Crippen LogP contribution < -0.4 is 0 Å². The van der Waals surface area contributed by atoms with Gasteiger partial charge in [0.05, 0.1) is 12.3 Å². The molecule has 1 aromatic heterocycles. The van der Waals surface area contributed by atoms with Gasteiger partial charge in [-0.1, -0.05) is 0 Å². The minimum atomic E-state index is -0.00706. The highest BCUT2D eigenvalue weighted by Gasteiger charge is 2.50. The molecule has 0 aromatic carbocycles. The molecule has 3 heterocycles. The number of carbonyl (C=O) groups is 2. The lowest BCUT2D eigenvalue weighted by Crippen LogP contribution is -2.51. The fourth-order valence-corrected chi connectivity index (χ4v) is 4.53. The maximum Gasteiger partial charge on any atom is 0.224 e. The Kier molecular flexibility index (Phi) is 5.37. The highest BCUT2D eigenvalue weighted by atomic mass is 16.5. The Morgan fingerprint density at radius 3 is 2.65 bits per heavy atom. The number of carbonyl (C=O) groups excluding carboxylic acids is 2. The van der Waals surface area contributed by atoms with Gasteiger partial charge in [-0.25, -0.2) is 0 Å². The Hall–Kier alpha value is -1.89. The molecule has 2 amide bonds. The van der Waals surface area contributed by atoms with Crippen LogP contribution >= 0.6 is 0 Å². The second kappa shape index (κ2) is 7.39. The van der Waals surface area contributed by atoms with E-state index in [1.54, 1.807) is 14.0 Å². The van der Waals surface area contributed by atoms with Crippen molar-refractivity contribution in [3.8, 4) is 0 Å². The molecule has 3 rings (SSSR count). The quantitative estimate of drug-likeness (QED) is 0.790. The fraction of sp³-hybridized carbons (Fsp3) is 0.737. The van der Waals surface area contributed by atoms with E-state index < -0.39 is 0 Å². The molecule has 2 aliphatic heterocycles. The number of hydrogen-bond acceptors (Lipinski definition) is 4. The number of ether oxygens (including phenoxy) is 1. The maximum atomic E-state index is 12.7. The van der Waals surface area contributed by atoms with Crippen molar-refractivity contribution in [2.75, 3.05) is 39.9 Å². The first-order valence-electron chi connectivity index (χ1n) is 9.38. The fourth-order valence-electron chi connectivity index (χ4n) is 4.53. The molecule has 2 unspecified atom stereocenters. The number of fused-ring (bicyclic) bond motifs is 1. The first kappa shape index (κ1) is 18.9. The largest absolute Gasteiger partial charge is 0.384 e. The number of aryl methyl sites for hydroxylation is 3. The summed E-state index contributed by atoms with van der Waals surface area (Å²) in [7, 11) is 1.72. The van der Waals surface area contributed by atoms with Crippen LogP contribution in [0.4, 0.5) is 0 Å². The summed E-state index contributed by atoms with van der Waals surface area (Å²) < 4.78 is 7.38. The van der Waals surface area contributed by atoms with Crippen molar-refractivity contribution in [3.05, 3.63) is 17.5 Å².